The third kappa shape index (κ3) is 7.52. The second-order valence-corrected chi connectivity index (χ2v) is 3.40. The maximum absolute atomic E-state index is 9.96. The molecule has 0 aromatic carbocycles. The SMILES string of the molecule is CCCCCC(C)CC=CC=O. The molecule has 0 bridgehead atoms. The summed E-state index contributed by atoms with van der Waals surface area (Å²) in [6.07, 6.45) is 10.7. The molecule has 70 valence electrons. The molecule has 0 aliphatic carbocycles. The van der Waals surface area contributed by atoms with Crippen LogP contribution in [0.3, 0.4) is 0 Å². The summed E-state index contributed by atoms with van der Waals surface area (Å²) in [5, 5.41) is 0. The number of carbonyl (C=O) groups excluding carboxylic acids is 1. The van der Waals surface area contributed by atoms with Crippen molar-refractivity contribution in [3.8, 4) is 0 Å². The van der Waals surface area contributed by atoms with Gasteiger partial charge >= 0.3 is 0 Å². The van der Waals surface area contributed by atoms with Crippen molar-refractivity contribution in [1.82, 2.24) is 0 Å². The Kier molecular flexibility index (Phi) is 8.09. The number of hydrogen-bond acceptors (Lipinski definition) is 1. The molecular formula is C11H20O. The smallest absolute Gasteiger partial charge is 0.142 e. The molecule has 1 atom stereocenters. The lowest BCUT2D eigenvalue weighted by atomic mass is 10.00. The molecule has 0 aromatic rings. The number of carbonyl (C=O) groups is 1. The molecule has 12 heavy (non-hydrogen) atoms. The van der Waals surface area contributed by atoms with Crippen LogP contribution in [-0.2, 0) is 4.79 Å². The zero-order valence-corrected chi connectivity index (χ0v) is 8.25. The third-order valence-corrected chi connectivity index (χ3v) is 2.05. The molecule has 0 heterocycles. The predicted octanol–water partition coefficient (Wildman–Crippen LogP) is 3.35. The first-order valence-electron chi connectivity index (χ1n) is 4.91. The van der Waals surface area contributed by atoms with Crippen molar-refractivity contribution in [2.75, 3.05) is 0 Å². The maximum atomic E-state index is 9.96. The van der Waals surface area contributed by atoms with Gasteiger partial charge < -0.3 is 0 Å². The summed E-state index contributed by atoms with van der Waals surface area (Å²) in [6.45, 7) is 4.46. The molecule has 1 heteroatoms. The molecular weight excluding hydrogens is 148 g/mol. The fourth-order valence-corrected chi connectivity index (χ4v) is 1.23. The average Bonchev–Trinajstić information content (AvgIpc) is 2.06. The highest BCUT2D eigenvalue weighted by Crippen LogP contribution is 2.12. The van der Waals surface area contributed by atoms with Gasteiger partial charge in [-0.25, -0.2) is 0 Å². The zero-order valence-electron chi connectivity index (χ0n) is 8.25. The molecule has 1 nitrogen and oxygen atoms in total. The first-order chi connectivity index (χ1) is 5.81. The van der Waals surface area contributed by atoms with E-state index < -0.39 is 0 Å². The normalized spacial score (nSPS) is 13.5. The quantitative estimate of drug-likeness (QED) is 0.324. The van der Waals surface area contributed by atoms with Crippen molar-refractivity contribution in [3.63, 3.8) is 0 Å². The van der Waals surface area contributed by atoms with Crippen LogP contribution < -0.4 is 0 Å². The second kappa shape index (κ2) is 8.51. The number of rotatable bonds is 7. The van der Waals surface area contributed by atoms with Crippen molar-refractivity contribution < 1.29 is 4.79 Å². The maximum Gasteiger partial charge on any atom is 0.142 e. The second-order valence-electron chi connectivity index (χ2n) is 3.40. The fourth-order valence-electron chi connectivity index (χ4n) is 1.23. The summed E-state index contributed by atoms with van der Waals surface area (Å²) < 4.78 is 0. The minimum absolute atomic E-state index is 0.729. The van der Waals surface area contributed by atoms with Gasteiger partial charge in [0, 0.05) is 0 Å². The van der Waals surface area contributed by atoms with Gasteiger partial charge in [0.2, 0.25) is 0 Å². The Morgan fingerprint density at radius 3 is 2.67 bits per heavy atom. The highest BCUT2D eigenvalue weighted by molar-refractivity contribution is 5.64. The van der Waals surface area contributed by atoms with E-state index in [0.717, 1.165) is 18.6 Å². The minimum Gasteiger partial charge on any atom is -0.299 e. The van der Waals surface area contributed by atoms with Crippen LogP contribution in [0.15, 0.2) is 12.2 Å². The predicted molar refractivity (Wildman–Crippen MR) is 53.1 cm³/mol. The van der Waals surface area contributed by atoms with E-state index in [0.29, 0.717) is 0 Å². The van der Waals surface area contributed by atoms with Gasteiger partial charge in [0.05, 0.1) is 0 Å². The highest BCUT2D eigenvalue weighted by atomic mass is 16.1. The molecule has 0 saturated heterocycles. The molecule has 0 aliphatic rings. The number of hydrogen-bond donors (Lipinski definition) is 0. The van der Waals surface area contributed by atoms with Gasteiger partial charge in [0.15, 0.2) is 0 Å². The van der Waals surface area contributed by atoms with Crippen LogP contribution in [0.4, 0.5) is 0 Å². The summed E-state index contributed by atoms with van der Waals surface area (Å²) in [5.74, 6) is 0.729. The molecule has 0 amide bonds. The zero-order chi connectivity index (χ0) is 9.23. The lowest BCUT2D eigenvalue weighted by Crippen LogP contribution is -1.92. The van der Waals surface area contributed by atoms with Gasteiger partial charge in [-0.05, 0) is 18.4 Å². The van der Waals surface area contributed by atoms with Gasteiger partial charge in [-0.2, -0.15) is 0 Å². The third-order valence-electron chi connectivity index (χ3n) is 2.05. The van der Waals surface area contributed by atoms with Crippen LogP contribution in [0.2, 0.25) is 0 Å². The van der Waals surface area contributed by atoms with Gasteiger partial charge in [-0.3, -0.25) is 4.79 Å². The Bertz CT molecular complexity index is 127. The van der Waals surface area contributed by atoms with Crippen LogP contribution in [0, 0.1) is 5.92 Å². The molecule has 1 unspecified atom stereocenters. The lowest BCUT2D eigenvalue weighted by Gasteiger charge is -2.06. The Morgan fingerprint density at radius 2 is 2.08 bits per heavy atom. The molecule has 0 radical (unpaired) electrons. The Balaban J connectivity index is 3.26. The van der Waals surface area contributed by atoms with Crippen molar-refractivity contribution in [2.24, 2.45) is 5.92 Å². The molecule has 0 aliphatic heterocycles. The Morgan fingerprint density at radius 1 is 1.33 bits per heavy atom. The van der Waals surface area contributed by atoms with E-state index in [9.17, 15) is 4.79 Å². The first-order valence-corrected chi connectivity index (χ1v) is 4.91. The van der Waals surface area contributed by atoms with E-state index in [1.165, 1.54) is 25.7 Å². The van der Waals surface area contributed by atoms with E-state index in [-0.39, 0.29) is 0 Å². The van der Waals surface area contributed by atoms with Crippen LogP contribution in [-0.4, -0.2) is 6.29 Å². The summed E-state index contributed by atoms with van der Waals surface area (Å²) in [7, 11) is 0. The molecule has 0 aromatic heterocycles. The lowest BCUT2D eigenvalue weighted by molar-refractivity contribution is -0.104. The fraction of sp³-hybridized carbons (Fsp3) is 0.727. The van der Waals surface area contributed by atoms with Crippen LogP contribution in [0.25, 0.3) is 0 Å². The first kappa shape index (κ1) is 11.4. The summed E-state index contributed by atoms with van der Waals surface area (Å²) in [5.41, 5.74) is 0. The molecule has 0 spiro atoms. The number of allylic oxidation sites excluding steroid dienone is 2. The summed E-state index contributed by atoms with van der Waals surface area (Å²) in [4.78, 5) is 9.96. The molecule has 0 rings (SSSR count). The Labute approximate surface area is 75.9 Å². The van der Waals surface area contributed by atoms with Gasteiger partial charge in [0.25, 0.3) is 0 Å². The van der Waals surface area contributed by atoms with Crippen LogP contribution in [0.1, 0.15) is 46.0 Å². The largest absolute Gasteiger partial charge is 0.299 e. The van der Waals surface area contributed by atoms with E-state index in [1.54, 1.807) is 6.08 Å². The minimum atomic E-state index is 0.729. The monoisotopic (exact) mass is 168 g/mol. The molecule has 0 saturated carbocycles. The molecule has 0 N–H and O–H groups in total. The average molecular weight is 168 g/mol. The van der Waals surface area contributed by atoms with Gasteiger partial charge in [-0.15, -0.1) is 0 Å². The van der Waals surface area contributed by atoms with Crippen molar-refractivity contribution >= 4 is 6.29 Å². The molecule has 0 fully saturated rings. The van der Waals surface area contributed by atoms with Crippen molar-refractivity contribution in [1.29, 1.82) is 0 Å². The topological polar surface area (TPSA) is 17.1 Å². The van der Waals surface area contributed by atoms with E-state index in [1.807, 2.05) is 6.08 Å². The number of unbranched alkanes of at least 4 members (excludes halogenated alkanes) is 2. The van der Waals surface area contributed by atoms with Gasteiger partial charge in [-0.1, -0.05) is 45.6 Å². The van der Waals surface area contributed by atoms with Gasteiger partial charge in [0.1, 0.15) is 6.29 Å². The summed E-state index contributed by atoms with van der Waals surface area (Å²) in [6, 6.07) is 0. The van der Waals surface area contributed by atoms with Crippen LogP contribution >= 0.6 is 0 Å². The van der Waals surface area contributed by atoms with Crippen LogP contribution in [0.5, 0.6) is 0 Å². The van der Waals surface area contributed by atoms with Crippen molar-refractivity contribution in [2.45, 2.75) is 46.0 Å². The number of aldehydes is 1. The highest BCUT2D eigenvalue weighted by Gasteiger charge is 1.97. The van der Waals surface area contributed by atoms with E-state index in [4.69, 9.17) is 0 Å². The van der Waals surface area contributed by atoms with E-state index in [2.05, 4.69) is 13.8 Å². The standard InChI is InChI=1S/C11H20O/c1-3-4-5-8-11(2)9-6-7-10-12/h6-7,10-11H,3-5,8-9H2,1-2H3. The van der Waals surface area contributed by atoms with Crippen molar-refractivity contribution in [3.05, 3.63) is 12.2 Å². The van der Waals surface area contributed by atoms with E-state index >= 15 is 0 Å². The summed E-state index contributed by atoms with van der Waals surface area (Å²) >= 11 is 0. The Hall–Kier alpha value is -0.590.